The minimum atomic E-state index is -5.67. The third kappa shape index (κ3) is 294. The van der Waals surface area contributed by atoms with Crippen molar-refractivity contribution in [2.75, 3.05) is 70.1 Å². The van der Waals surface area contributed by atoms with Crippen LogP contribution in [0.1, 0.15) is 20.8 Å². The summed E-state index contributed by atoms with van der Waals surface area (Å²) < 4.78 is 40.1. The van der Waals surface area contributed by atoms with Crippen molar-refractivity contribution >= 4 is 427 Å². The highest BCUT2D eigenvalue weighted by Gasteiger charge is 2.33. The Hall–Kier alpha value is 5.35. The van der Waals surface area contributed by atoms with E-state index in [-0.39, 0.29) is 26.5 Å². The van der Waals surface area contributed by atoms with Crippen molar-refractivity contribution in [3.63, 3.8) is 0 Å². The van der Waals surface area contributed by atoms with E-state index >= 15 is 0 Å². The Balaban J connectivity index is -0.0000000451. The van der Waals surface area contributed by atoms with Crippen LogP contribution in [0, 0.1) is 33.3 Å². The minimum absolute atomic E-state index is 0. The molecular weight excluding hydrogens is 2090 g/mol. The van der Waals surface area contributed by atoms with Crippen LogP contribution in [-0.2, 0) is 24.9 Å². The summed E-state index contributed by atoms with van der Waals surface area (Å²) in [5.41, 5.74) is 0. The summed E-state index contributed by atoms with van der Waals surface area (Å²) >= 11 is 144. The number of thiocarbonyl (C=S) groups is 2. The molecule has 0 N–H and O–H groups in total. The Kier molecular flexibility index (Phi) is 164. The summed E-state index contributed by atoms with van der Waals surface area (Å²) in [6.45, 7) is 14.6. The van der Waals surface area contributed by atoms with Crippen LogP contribution in [0.15, 0.2) is 85.5 Å². The summed E-state index contributed by atoms with van der Waals surface area (Å²) in [6, 6.07) is 25.4. The number of hydrogen-bond donors (Lipinski definition) is 0. The van der Waals surface area contributed by atoms with Crippen molar-refractivity contribution < 1.29 is 35.4 Å². The number of fused-ring (bicyclic) bond motifs is 1. The van der Waals surface area contributed by atoms with Gasteiger partial charge in [0.25, 0.3) is 9.72 Å². The summed E-state index contributed by atoms with van der Waals surface area (Å²) in [6.07, 6.45) is 1.18. The van der Waals surface area contributed by atoms with Crippen LogP contribution in [0.25, 0.3) is 10.8 Å². The number of rotatable bonds is 5. The van der Waals surface area contributed by atoms with Gasteiger partial charge in [0, 0.05) is 60.7 Å². The maximum absolute atomic E-state index is 9.99. The SMILES string of the molecule is BrCCBr.C#N.C1CO1.C=CC#N.CBr.CC(Cl)(Cl)Cl.CC(Cl)CCl.CCOC=O.CI.ClC(Cl)(Cl)Cl.ClC(Cl)Cl.ClCC(Cl)(Cl)Cl.ClCCCl.ClCCl.Clc1ccc(Cl)cc1.O=S(=O)(F)F.O=[N+]([O-])C(Cl)(Cl)Cl.P.S=C=S.c1ccc2ccccc2c1. The first-order valence-corrected chi connectivity index (χ1v) is 38.7. The van der Waals surface area contributed by atoms with Gasteiger partial charge in [0.1, 0.15) is 0 Å². The van der Waals surface area contributed by atoms with Crippen molar-refractivity contribution in [1.82, 2.24) is 0 Å². The third-order valence-corrected chi connectivity index (χ3v) is 9.04. The lowest BCUT2D eigenvalue weighted by molar-refractivity contribution is -0.491. The van der Waals surface area contributed by atoms with Crippen molar-refractivity contribution in [1.29, 1.82) is 10.5 Å². The average molecular weight is 2150 g/mol. The molecule has 45 heteroatoms. The van der Waals surface area contributed by atoms with Crippen LogP contribution in [0.2, 0.25) is 10.0 Å². The molecular formula is C43H57Br3Cl25F2IN3O7PS3. The Morgan fingerprint density at radius 1 is 0.773 bits per heavy atom. The summed E-state index contributed by atoms with van der Waals surface area (Å²) in [5.74, 6) is 3.51. The number of alkyl halides is 27. The number of nitrogens with zero attached hydrogens (tertiary/aromatic N) is 3. The topological polar surface area (TPSA) is 164 Å². The van der Waals surface area contributed by atoms with Crippen molar-refractivity contribution in [2.45, 2.75) is 45.2 Å². The Labute approximate surface area is 696 Å². The first-order valence-electron chi connectivity index (χ1n) is 20.0. The summed E-state index contributed by atoms with van der Waals surface area (Å²) in [4.78, 5) is 19.6. The number of ether oxygens (including phenoxy) is 2. The van der Waals surface area contributed by atoms with Gasteiger partial charge in [-0.25, -0.2) is 5.26 Å². The molecule has 1 heterocycles. The largest absolute Gasteiger partial charge is 0.476 e. The average Bonchev–Trinajstić information content (AvgIpc) is 4.32. The van der Waals surface area contributed by atoms with Gasteiger partial charge in [-0.05, 0) is 126 Å². The molecule has 3 aromatic carbocycles. The zero-order valence-corrected chi connectivity index (χ0v) is 75.1. The van der Waals surface area contributed by atoms with E-state index in [0.29, 0.717) is 30.7 Å². The summed E-state index contributed by atoms with van der Waals surface area (Å²) in [5, 5.41) is 29.9. The standard InChI is InChI=1S/C10H8.C6H4Cl2.C3H6Cl2.C3H3N.C3H6O2.C2H4Br2.C2H2Cl4.C2H3Cl3.C2H4Cl2.C2H4O.CH3Br.CCl4.CCl3NO2.CHCl3.CH2Cl2.CH3I.CHN.CS2.F2O2S.H3P/c1-2-6-10-8-4-3-7-9(10)5-1;7-5-1-2-6(8)4-3-5;1-3(5)2-4;1-2-3-4;1-2-5-3-4;3-1-2-4;3-1-2(4,5)6;1-2(3,4)5;3-1-2-4;1-2-3-1;1-2;2-1(3,4)5;2-1(3,4)5(6)7;2-1(3)4;2-1-3;2*1-2;2-1-3;1-5(2,3)4;/h1-8H;1-4H;3H,2H2,1H3;2H,1H2;3H,2H2,1H3;1-2H2;1H2;1H3;1-2H2;1-2H2;1H3;;;1H;1H2;1H3;1H;;;1H3. The van der Waals surface area contributed by atoms with Crippen molar-refractivity contribution in [3.8, 4) is 12.6 Å². The molecule has 1 saturated heterocycles. The van der Waals surface area contributed by atoms with Gasteiger partial charge < -0.3 is 9.47 Å². The molecule has 0 aromatic heterocycles. The zero-order valence-electron chi connectivity index (χ0n) is 45.4. The number of nitriles is 2. The first kappa shape index (κ1) is 133. The smallest absolute Gasteiger partial charge is 0.468 e. The van der Waals surface area contributed by atoms with Crippen LogP contribution in [0.5, 0.6) is 0 Å². The van der Waals surface area contributed by atoms with Gasteiger partial charge >= 0.3 is 14.5 Å². The lowest BCUT2D eigenvalue weighted by Crippen LogP contribution is -2.15. The fourth-order valence-electron chi connectivity index (χ4n) is 1.63. The molecule has 526 valence electrons. The molecule has 1 aliphatic heterocycles. The van der Waals surface area contributed by atoms with Crippen molar-refractivity contribution in [3.05, 3.63) is 106 Å². The predicted octanol–water partition coefficient (Wildman–Crippen LogP) is 27.8. The number of halogens is 31. The zero-order chi connectivity index (χ0) is 73.3. The summed E-state index contributed by atoms with van der Waals surface area (Å²) in [7, 11) is -5.67. The van der Waals surface area contributed by atoms with E-state index in [1.54, 1.807) is 37.3 Å². The Bertz CT molecular complexity index is 1900. The number of carbonyl (C=O) groups is 1. The Morgan fingerprint density at radius 3 is 1.00 bits per heavy atom. The highest BCUT2D eigenvalue weighted by molar-refractivity contribution is 14.1. The van der Waals surface area contributed by atoms with E-state index in [9.17, 15) is 22.7 Å². The molecule has 1 fully saturated rings. The number of benzene rings is 3. The normalized spacial score (nSPS) is 9.48. The van der Waals surface area contributed by atoms with Crippen LogP contribution in [0.3, 0.4) is 0 Å². The fourth-order valence-corrected chi connectivity index (χ4v) is 1.88. The number of epoxide rings is 1. The second kappa shape index (κ2) is 108. The van der Waals surface area contributed by atoms with E-state index in [2.05, 4.69) is 166 Å². The molecule has 0 radical (unpaired) electrons. The van der Waals surface area contributed by atoms with E-state index in [1.807, 2.05) is 22.0 Å². The second-order valence-corrected chi connectivity index (χ2v) is 30.2. The van der Waals surface area contributed by atoms with Gasteiger partial charge in [-0.1, -0.05) is 307 Å². The molecule has 4 rings (SSSR count). The first-order chi connectivity index (χ1) is 39.7. The van der Waals surface area contributed by atoms with Crippen LogP contribution >= 0.6 is 395 Å². The van der Waals surface area contributed by atoms with Gasteiger partial charge in [-0.3, -0.25) is 14.9 Å². The highest BCUT2D eigenvalue weighted by atomic mass is 127. The Morgan fingerprint density at radius 2 is 0.943 bits per heavy atom. The lowest BCUT2D eigenvalue weighted by atomic mass is 10.1. The predicted molar refractivity (Wildman–Crippen MR) is 432 cm³/mol. The monoisotopic (exact) mass is 2130 g/mol. The lowest BCUT2D eigenvalue weighted by Gasteiger charge is -2.00. The van der Waals surface area contributed by atoms with E-state index in [4.69, 9.17) is 309 Å². The van der Waals surface area contributed by atoms with Gasteiger partial charge in [0.2, 0.25) is 3.79 Å². The molecule has 88 heavy (non-hydrogen) atoms. The van der Waals surface area contributed by atoms with Crippen molar-refractivity contribution in [2.24, 2.45) is 0 Å². The molecule has 0 saturated carbocycles. The van der Waals surface area contributed by atoms with Gasteiger partial charge in [-0.15, -0.1) is 81.2 Å². The van der Waals surface area contributed by atoms with Gasteiger partial charge in [0.15, 0.2) is 8.09 Å². The maximum Gasteiger partial charge on any atom is 0.476 e. The number of allylic oxidation sites excluding steroid dienone is 1. The van der Waals surface area contributed by atoms with E-state index in [1.165, 1.54) is 23.8 Å². The third-order valence-electron chi connectivity index (χ3n) is 3.71. The molecule has 0 bridgehead atoms. The fraction of sp³-hybridized carbons (Fsp3) is 0.488. The van der Waals surface area contributed by atoms with Crippen LogP contribution in [0.4, 0.5) is 7.77 Å². The van der Waals surface area contributed by atoms with Gasteiger partial charge in [0.05, 0.1) is 42.0 Å². The molecule has 2 atom stereocenters. The second-order valence-electron chi connectivity index (χ2n) is 10.5. The van der Waals surface area contributed by atoms with E-state index < -0.39 is 34.6 Å². The molecule has 3 aromatic rings. The molecule has 1 aliphatic rings. The molecule has 0 amide bonds. The molecule has 0 spiro atoms. The molecule has 10 nitrogen and oxygen atoms in total. The molecule has 2 unspecified atom stereocenters. The van der Waals surface area contributed by atoms with Crippen LogP contribution < -0.4 is 0 Å². The number of hydrogen-bond acceptors (Lipinski definition) is 11. The number of carbonyl (C=O) groups excluding carboxylic acids is 1. The van der Waals surface area contributed by atoms with Crippen LogP contribution in [-0.4, -0.2) is 119 Å². The maximum atomic E-state index is 9.99. The quantitative estimate of drug-likeness (QED) is 0.0204. The molecule has 0 aliphatic carbocycles. The highest BCUT2D eigenvalue weighted by Crippen LogP contribution is 2.30. The van der Waals surface area contributed by atoms with Gasteiger partial charge in [-0.2, -0.15) is 23.6 Å². The minimum Gasteiger partial charge on any atom is -0.468 e. The number of nitro groups is 1. The van der Waals surface area contributed by atoms with E-state index in [0.717, 1.165) is 33.9 Å².